The molecule has 0 radical (unpaired) electrons. The third-order valence-electron chi connectivity index (χ3n) is 3.29. The number of halogens is 1. The summed E-state index contributed by atoms with van der Waals surface area (Å²) in [5, 5.41) is 9.91. The van der Waals surface area contributed by atoms with Crippen molar-refractivity contribution in [3.63, 3.8) is 0 Å². The molecule has 0 saturated carbocycles. The number of rotatable bonds is 6. The number of ether oxygens (including phenoxy) is 1. The molecule has 2 aromatic rings. The molecule has 0 atom stereocenters. The number of hydrogen-bond acceptors (Lipinski definition) is 3. The van der Waals surface area contributed by atoms with Crippen molar-refractivity contribution >= 4 is 11.6 Å². The van der Waals surface area contributed by atoms with Gasteiger partial charge in [-0.2, -0.15) is 0 Å². The predicted molar refractivity (Wildman–Crippen MR) is 83.6 cm³/mol. The summed E-state index contributed by atoms with van der Waals surface area (Å²) < 4.78 is 6.71. The van der Waals surface area contributed by atoms with E-state index in [4.69, 9.17) is 16.3 Å². The van der Waals surface area contributed by atoms with E-state index in [1.54, 1.807) is 29.9 Å². The number of nitrogens with zero attached hydrogens (tertiary/aromatic N) is 1. The quantitative estimate of drug-likeness (QED) is 0.835. The number of benzene rings is 1. The van der Waals surface area contributed by atoms with Crippen LogP contribution in [-0.2, 0) is 17.9 Å². The van der Waals surface area contributed by atoms with Gasteiger partial charge in [0, 0.05) is 30.8 Å². The molecule has 0 unspecified atom stereocenters. The second-order valence-corrected chi connectivity index (χ2v) is 5.15. The molecule has 0 aliphatic heterocycles. The summed E-state index contributed by atoms with van der Waals surface area (Å²) in [5.74, 6) is 0. The smallest absolute Gasteiger partial charge is 0.256 e. The van der Waals surface area contributed by atoms with Crippen LogP contribution in [0.1, 0.15) is 12.0 Å². The van der Waals surface area contributed by atoms with Crippen LogP contribution < -0.4 is 5.56 Å². The van der Waals surface area contributed by atoms with Crippen LogP contribution in [0.25, 0.3) is 11.3 Å². The molecule has 112 valence electrons. The molecule has 21 heavy (non-hydrogen) atoms. The van der Waals surface area contributed by atoms with Crippen LogP contribution in [0.5, 0.6) is 0 Å². The maximum atomic E-state index is 12.4. The molecule has 4 nitrogen and oxygen atoms in total. The zero-order chi connectivity index (χ0) is 15.2. The molecule has 1 heterocycles. The maximum Gasteiger partial charge on any atom is 0.256 e. The Morgan fingerprint density at radius 3 is 2.52 bits per heavy atom. The van der Waals surface area contributed by atoms with Crippen LogP contribution in [-0.4, -0.2) is 23.4 Å². The van der Waals surface area contributed by atoms with E-state index in [2.05, 4.69) is 0 Å². The van der Waals surface area contributed by atoms with Crippen LogP contribution in [0.2, 0.25) is 5.02 Å². The summed E-state index contributed by atoms with van der Waals surface area (Å²) in [7, 11) is 1.63. The lowest BCUT2D eigenvalue weighted by molar-refractivity contribution is 0.190. The molecular formula is C16H18ClNO3. The van der Waals surface area contributed by atoms with Crippen LogP contribution in [0.3, 0.4) is 0 Å². The Morgan fingerprint density at radius 2 is 1.90 bits per heavy atom. The predicted octanol–water partition coefficient (Wildman–Crippen LogP) is 2.70. The fraction of sp³-hybridized carbons (Fsp3) is 0.312. The second kappa shape index (κ2) is 7.41. The van der Waals surface area contributed by atoms with Crippen molar-refractivity contribution < 1.29 is 9.84 Å². The van der Waals surface area contributed by atoms with Gasteiger partial charge < -0.3 is 14.4 Å². The van der Waals surface area contributed by atoms with Crippen LogP contribution >= 0.6 is 11.6 Å². The van der Waals surface area contributed by atoms with E-state index >= 15 is 0 Å². The topological polar surface area (TPSA) is 51.5 Å². The van der Waals surface area contributed by atoms with Crippen molar-refractivity contribution in [1.82, 2.24) is 4.57 Å². The lowest BCUT2D eigenvalue weighted by Crippen LogP contribution is -2.25. The lowest BCUT2D eigenvalue weighted by atomic mass is 10.1. The largest absolute Gasteiger partial charge is 0.391 e. The highest BCUT2D eigenvalue weighted by atomic mass is 35.5. The van der Waals surface area contributed by atoms with E-state index in [0.717, 1.165) is 17.7 Å². The second-order valence-electron chi connectivity index (χ2n) is 4.71. The normalized spacial score (nSPS) is 10.8. The molecule has 2 rings (SSSR count). The molecule has 1 N–H and O–H groups in total. The first-order valence-electron chi connectivity index (χ1n) is 6.76. The number of pyridine rings is 1. The highest BCUT2D eigenvalue weighted by Crippen LogP contribution is 2.21. The van der Waals surface area contributed by atoms with E-state index in [9.17, 15) is 9.90 Å². The van der Waals surface area contributed by atoms with Crippen molar-refractivity contribution in [3.8, 4) is 11.3 Å². The lowest BCUT2D eigenvalue weighted by Gasteiger charge is -2.14. The van der Waals surface area contributed by atoms with E-state index in [1.165, 1.54) is 0 Å². The molecule has 1 aromatic carbocycles. The third-order valence-corrected chi connectivity index (χ3v) is 3.55. The highest BCUT2D eigenvalue weighted by Gasteiger charge is 2.10. The summed E-state index contributed by atoms with van der Waals surface area (Å²) in [6.45, 7) is 0.859. The van der Waals surface area contributed by atoms with Gasteiger partial charge in [-0.1, -0.05) is 23.7 Å². The summed E-state index contributed by atoms with van der Waals surface area (Å²) in [4.78, 5) is 12.4. The molecule has 0 amide bonds. The molecule has 0 aliphatic rings. The zero-order valence-corrected chi connectivity index (χ0v) is 12.6. The summed E-state index contributed by atoms with van der Waals surface area (Å²) >= 11 is 5.90. The number of aliphatic hydroxyl groups excluding tert-OH is 1. The van der Waals surface area contributed by atoms with Crippen molar-refractivity contribution in [1.29, 1.82) is 0 Å². The minimum absolute atomic E-state index is 0.166. The Hall–Kier alpha value is -1.62. The van der Waals surface area contributed by atoms with Gasteiger partial charge in [0.1, 0.15) is 0 Å². The summed E-state index contributed by atoms with van der Waals surface area (Å²) in [6, 6.07) is 10.9. The van der Waals surface area contributed by atoms with Crippen LogP contribution in [0.15, 0.2) is 41.2 Å². The fourth-order valence-electron chi connectivity index (χ4n) is 2.21. The van der Waals surface area contributed by atoms with Crippen molar-refractivity contribution in [2.75, 3.05) is 13.7 Å². The van der Waals surface area contributed by atoms with Gasteiger partial charge in [0.15, 0.2) is 0 Å². The molecule has 0 fully saturated rings. The Kier molecular flexibility index (Phi) is 5.56. The first-order chi connectivity index (χ1) is 10.2. The number of aromatic nitrogens is 1. The van der Waals surface area contributed by atoms with Gasteiger partial charge in [0.2, 0.25) is 0 Å². The molecule has 1 aromatic heterocycles. The highest BCUT2D eigenvalue weighted by molar-refractivity contribution is 6.30. The maximum absolute atomic E-state index is 12.4. The van der Waals surface area contributed by atoms with Gasteiger partial charge in [-0.3, -0.25) is 4.79 Å². The molecule has 0 saturated heterocycles. The number of aliphatic hydroxyl groups is 1. The Bertz CT molecular complexity index is 650. The van der Waals surface area contributed by atoms with Gasteiger partial charge in [-0.25, -0.2) is 0 Å². The molecule has 5 heteroatoms. The van der Waals surface area contributed by atoms with E-state index < -0.39 is 0 Å². The molecule has 0 spiro atoms. The van der Waals surface area contributed by atoms with Gasteiger partial charge in [-0.05, 0) is 36.2 Å². The number of methoxy groups -OCH3 is 1. The third kappa shape index (κ3) is 3.73. The monoisotopic (exact) mass is 307 g/mol. The van der Waals surface area contributed by atoms with Crippen molar-refractivity contribution in [2.24, 2.45) is 0 Å². The fourth-order valence-corrected chi connectivity index (χ4v) is 2.33. The average Bonchev–Trinajstić information content (AvgIpc) is 2.50. The van der Waals surface area contributed by atoms with Crippen LogP contribution in [0.4, 0.5) is 0 Å². The molecular weight excluding hydrogens is 290 g/mol. The first kappa shape index (κ1) is 15.8. The van der Waals surface area contributed by atoms with E-state index in [0.29, 0.717) is 23.7 Å². The molecule has 0 bridgehead atoms. The average molecular weight is 308 g/mol. The Morgan fingerprint density at radius 1 is 1.19 bits per heavy atom. The Labute approximate surface area is 128 Å². The van der Waals surface area contributed by atoms with E-state index in [-0.39, 0.29) is 12.2 Å². The van der Waals surface area contributed by atoms with Gasteiger partial charge in [-0.15, -0.1) is 0 Å². The summed E-state index contributed by atoms with van der Waals surface area (Å²) in [6.07, 6.45) is 0.728. The van der Waals surface area contributed by atoms with Gasteiger partial charge >= 0.3 is 0 Å². The SMILES string of the molecule is COCCCn1c(-c2ccc(Cl)cc2)ccc(CO)c1=O. The van der Waals surface area contributed by atoms with Gasteiger partial charge in [0.05, 0.1) is 12.3 Å². The van der Waals surface area contributed by atoms with Crippen molar-refractivity contribution in [3.05, 3.63) is 57.3 Å². The number of hydrogen-bond donors (Lipinski definition) is 1. The van der Waals surface area contributed by atoms with Crippen molar-refractivity contribution in [2.45, 2.75) is 19.6 Å². The van der Waals surface area contributed by atoms with E-state index in [1.807, 2.05) is 18.2 Å². The zero-order valence-electron chi connectivity index (χ0n) is 11.9. The van der Waals surface area contributed by atoms with Gasteiger partial charge in [0.25, 0.3) is 5.56 Å². The molecule has 0 aliphatic carbocycles. The summed E-state index contributed by atoms with van der Waals surface area (Å²) in [5.41, 5.74) is 1.95. The standard InChI is InChI=1S/C16H18ClNO3/c1-21-10-2-9-18-15(8-5-13(11-19)16(18)20)12-3-6-14(17)7-4-12/h3-8,19H,2,9-11H2,1H3. The first-order valence-corrected chi connectivity index (χ1v) is 7.13. The minimum Gasteiger partial charge on any atom is -0.391 e. The minimum atomic E-state index is -0.260. The van der Waals surface area contributed by atoms with Crippen LogP contribution in [0, 0.1) is 0 Å². The Balaban J connectivity index is 2.46.